The third kappa shape index (κ3) is 5.39. The summed E-state index contributed by atoms with van der Waals surface area (Å²) in [5.41, 5.74) is 1.57. The van der Waals surface area contributed by atoms with E-state index in [2.05, 4.69) is 22.8 Å². The van der Waals surface area contributed by atoms with Gasteiger partial charge in [-0.3, -0.25) is 9.36 Å². The Morgan fingerprint density at radius 3 is 2.75 bits per heavy atom. The number of furan rings is 1. The molecule has 0 aliphatic heterocycles. The van der Waals surface area contributed by atoms with Crippen molar-refractivity contribution in [3.63, 3.8) is 0 Å². The highest BCUT2D eigenvalue weighted by Gasteiger charge is 2.20. The minimum Gasteiger partial charge on any atom is -0.494 e. The Balaban J connectivity index is 1.77. The summed E-state index contributed by atoms with van der Waals surface area (Å²) in [5.74, 6) is 2.17. The van der Waals surface area contributed by atoms with Crippen molar-refractivity contribution in [2.75, 3.05) is 23.8 Å². The maximum atomic E-state index is 13.1. The van der Waals surface area contributed by atoms with Gasteiger partial charge in [-0.2, -0.15) is 5.26 Å². The molecule has 0 fully saturated rings. The second kappa shape index (κ2) is 11.2. The van der Waals surface area contributed by atoms with Gasteiger partial charge >= 0.3 is 0 Å². The number of anilines is 1. The van der Waals surface area contributed by atoms with Crippen LogP contribution in [0.15, 0.2) is 58.8 Å². The van der Waals surface area contributed by atoms with Crippen LogP contribution in [0.5, 0.6) is 5.75 Å². The quantitative estimate of drug-likeness (QED) is 0.313. The number of carbonyl (C=O) groups is 1. The molecule has 3 aromatic rings. The summed E-state index contributed by atoms with van der Waals surface area (Å²) in [6.45, 7) is 8.97. The van der Waals surface area contributed by atoms with Crippen molar-refractivity contribution in [1.82, 2.24) is 14.8 Å². The number of ether oxygens (including phenoxy) is 1. The zero-order valence-electron chi connectivity index (χ0n) is 18.2. The number of amides is 1. The van der Waals surface area contributed by atoms with Crippen LogP contribution < -0.4 is 9.64 Å². The number of thioether (sulfide) groups is 1. The highest BCUT2D eigenvalue weighted by atomic mass is 32.2. The Labute approximate surface area is 191 Å². The van der Waals surface area contributed by atoms with E-state index in [1.807, 2.05) is 48.7 Å². The zero-order chi connectivity index (χ0) is 22.9. The lowest BCUT2D eigenvalue weighted by atomic mass is 10.2. The number of benzene rings is 1. The Bertz CT molecular complexity index is 1100. The molecule has 0 N–H and O–H groups in total. The number of allylic oxidation sites excluding steroid dienone is 1. The van der Waals surface area contributed by atoms with Crippen LogP contribution >= 0.6 is 11.8 Å². The largest absolute Gasteiger partial charge is 0.494 e. The highest BCUT2D eigenvalue weighted by Crippen LogP contribution is 2.28. The van der Waals surface area contributed by atoms with Crippen LogP contribution in [-0.2, 0) is 11.3 Å². The molecule has 1 amide bonds. The predicted molar refractivity (Wildman–Crippen MR) is 124 cm³/mol. The van der Waals surface area contributed by atoms with Crippen LogP contribution in [0.1, 0.15) is 19.1 Å². The topological polar surface area (TPSA) is 97.2 Å². The number of carbonyl (C=O) groups excluding carboxylic acids is 1. The number of hydrogen-bond donors (Lipinski definition) is 0. The van der Waals surface area contributed by atoms with E-state index < -0.39 is 0 Å². The molecular weight excluding hydrogens is 426 g/mol. The van der Waals surface area contributed by atoms with E-state index >= 15 is 0 Å². The van der Waals surface area contributed by atoms with Crippen LogP contribution in [0.25, 0.3) is 11.4 Å². The first-order valence-electron chi connectivity index (χ1n) is 10.2. The third-order valence-corrected chi connectivity index (χ3v) is 5.61. The van der Waals surface area contributed by atoms with Crippen molar-refractivity contribution in [1.29, 1.82) is 5.26 Å². The van der Waals surface area contributed by atoms with Gasteiger partial charge in [0, 0.05) is 18.8 Å². The number of nitriles is 1. The summed E-state index contributed by atoms with van der Waals surface area (Å²) in [5, 5.41) is 18.2. The summed E-state index contributed by atoms with van der Waals surface area (Å²) in [7, 11) is 0. The Morgan fingerprint density at radius 2 is 2.12 bits per heavy atom. The van der Waals surface area contributed by atoms with Gasteiger partial charge in [-0.25, -0.2) is 0 Å². The van der Waals surface area contributed by atoms with E-state index in [-0.39, 0.29) is 18.1 Å². The average Bonchev–Trinajstić information content (AvgIpc) is 3.39. The van der Waals surface area contributed by atoms with E-state index in [1.165, 1.54) is 11.8 Å². The van der Waals surface area contributed by atoms with E-state index in [0.29, 0.717) is 30.7 Å². The van der Waals surface area contributed by atoms with Gasteiger partial charge in [0.05, 0.1) is 36.7 Å². The number of aryl methyl sites for hydroxylation is 1. The van der Waals surface area contributed by atoms with Crippen molar-refractivity contribution in [3.8, 4) is 23.2 Å². The van der Waals surface area contributed by atoms with E-state index in [4.69, 9.17) is 14.4 Å². The third-order valence-electron chi connectivity index (χ3n) is 4.66. The molecule has 0 saturated heterocycles. The number of aromatic nitrogens is 3. The molecule has 1 aromatic carbocycles. The van der Waals surface area contributed by atoms with E-state index in [1.54, 1.807) is 17.2 Å². The second-order valence-corrected chi connectivity index (χ2v) is 7.71. The van der Waals surface area contributed by atoms with E-state index in [9.17, 15) is 4.79 Å². The number of hydrogen-bond acceptors (Lipinski definition) is 7. The van der Waals surface area contributed by atoms with Crippen LogP contribution in [0.3, 0.4) is 0 Å². The molecule has 0 radical (unpaired) electrons. The molecule has 0 saturated carbocycles. The van der Waals surface area contributed by atoms with Crippen molar-refractivity contribution in [2.45, 2.75) is 32.0 Å². The van der Waals surface area contributed by atoms with Crippen LogP contribution in [0, 0.1) is 18.3 Å². The lowest BCUT2D eigenvalue weighted by Crippen LogP contribution is -2.33. The predicted octanol–water partition coefficient (Wildman–Crippen LogP) is 4.47. The molecule has 0 spiro atoms. The first-order valence-corrected chi connectivity index (χ1v) is 11.2. The maximum Gasteiger partial charge on any atom is 0.237 e. The van der Waals surface area contributed by atoms with Gasteiger partial charge in [-0.15, -0.1) is 16.8 Å². The van der Waals surface area contributed by atoms with Crippen LogP contribution in [-0.4, -0.2) is 39.6 Å². The lowest BCUT2D eigenvalue weighted by Gasteiger charge is -2.22. The maximum absolute atomic E-state index is 13.1. The van der Waals surface area contributed by atoms with Crippen molar-refractivity contribution >= 4 is 23.4 Å². The standard InChI is InChI=1S/C23H25N5O3S/c1-4-13-28-22(20-11-15-31-17(20)3)25-26-23(28)32-16-21(29)27(14-6-12-24)18-7-9-19(10-8-18)30-5-2/h4,7-11,15H,1,5-6,13-14,16H2,2-3H3. The van der Waals surface area contributed by atoms with Gasteiger partial charge in [-0.05, 0) is 44.2 Å². The van der Waals surface area contributed by atoms with Gasteiger partial charge < -0.3 is 14.1 Å². The molecule has 8 nitrogen and oxygen atoms in total. The van der Waals surface area contributed by atoms with Crippen LogP contribution in [0.2, 0.25) is 0 Å². The van der Waals surface area contributed by atoms with Gasteiger partial charge in [0.25, 0.3) is 0 Å². The lowest BCUT2D eigenvalue weighted by molar-refractivity contribution is -0.116. The van der Waals surface area contributed by atoms with Crippen molar-refractivity contribution in [2.24, 2.45) is 0 Å². The summed E-state index contributed by atoms with van der Waals surface area (Å²) >= 11 is 1.30. The highest BCUT2D eigenvalue weighted by molar-refractivity contribution is 7.99. The molecule has 166 valence electrons. The second-order valence-electron chi connectivity index (χ2n) is 6.77. The molecule has 3 rings (SSSR count). The van der Waals surface area contributed by atoms with Gasteiger partial charge in [0.1, 0.15) is 11.5 Å². The minimum atomic E-state index is -0.122. The minimum absolute atomic E-state index is 0.122. The Morgan fingerprint density at radius 1 is 1.34 bits per heavy atom. The molecule has 2 aromatic heterocycles. The summed E-state index contributed by atoms with van der Waals surface area (Å²) in [6.07, 6.45) is 3.60. The summed E-state index contributed by atoms with van der Waals surface area (Å²) in [4.78, 5) is 14.7. The molecule has 0 atom stereocenters. The molecule has 0 aliphatic carbocycles. The number of rotatable bonds is 11. The Hall–Kier alpha value is -3.51. The molecule has 2 heterocycles. The Kier molecular flexibility index (Phi) is 8.11. The summed E-state index contributed by atoms with van der Waals surface area (Å²) < 4.78 is 12.8. The fraction of sp³-hybridized carbons (Fsp3) is 0.304. The molecule has 0 unspecified atom stereocenters. The fourth-order valence-corrected chi connectivity index (χ4v) is 3.98. The molecule has 9 heteroatoms. The molecule has 32 heavy (non-hydrogen) atoms. The summed E-state index contributed by atoms with van der Waals surface area (Å²) in [6, 6.07) is 11.2. The van der Waals surface area contributed by atoms with Crippen molar-refractivity contribution < 1.29 is 13.9 Å². The smallest absolute Gasteiger partial charge is 0.237 e. The number of nitrogens with zero attached hydrogens (tertiary/aromatic N) is 5. The van der Waals surface area contributed by atoms with Crippen molar-refractivity contribution in [3.05, 3.63) is 55.0 Å². The molecular formula is C23H25N5O3S. The first-order chi connectivity index (χ1) is 15.6. The fourth-order valence-electron chi connectivity index (χ4n) is 3.16. The average molecular weight is 452 g/mol. The van der Waals surface area contributed by atoms with Crippen LogP contribution in [0.4, 0.5) is 5.69 Å². The van der Waals surface area contributed by atoms with Gasteiger partial charge in [0.2, 0.25) is 5.91 Å². The zero-order valence-corrected chi connectivity index (χ0v) is 19.0. The van der Waals surface area contributed by atoms with Gasteiger partial charge in [-0.1, -0.05) is 17.8 Å². The first kappa shape index (κ1) is 23.2. The SMILES string of the molecule is C=CCn1c(SCC(=O)N(CCC#N)c2ccc(OCC)cc2)nnc1-c1ccoc1C. The normalized spacial score (nSPS) is 10.5. The molecule has 0 bridgehead atoms. The monoisotopic (exact) mass is 451 g/mol. The van der Waals surface area contributed by atoms with Gasteiger partial charge in [0.15, 0.2) is 11.0 Å². The molecule has 0 aliphatic rings. The van der Waals surface area contributed by atoms with E-state index in [0.717, 1.165) is 22.8 Å².